The molecule has 0 aliphatic carbocycles. The quantitative estimate of drug-likeness (QED) is 0.453. The third-order valence-electron chi connectivity index (χ3n) is 4.40. The first-order valence-electron chi connectivity index (χ1n) is 8.62. The molecule has 1 aliphatic rings. The van der Waals surface area contributed by atoms with Crippen molar-refractivity contribution < 1.29 is 9.53 Å². The fraction of sp³-hybridized carbons (Fsp3) is 0.579. The minimum atomic E-state index is -0.277. The molecule has 1 fully saturated rings. The number of nitrogens with one attached hydrogen (secondary N) is 1. The van der Waals surface area contributed by atoms with Gasteiger partial charge in [-0.3, -0.25) is 4.79 Å². The minimum Gasteiger partial charge on any atom is -0.465 e. The van der Waals surface area contributed by atoms with Crippen LogP contribution in [0, 0.1) is 5.41 Å². The van der Waals surface area contributed by atoms with Gasteiger partial charge in [0.05, 0.1) is 13.0 Å². The number of piperidine rings is 1. The largest absolute Gasteiger partial charge is 0.465 e. The van der Waals surface area contributed by atoms with Crippen molar-refractivity contribution in [1.82, 2.24) is 4.90 Å². The summed E-state index contributed by atoms with van der Waals surface area (Å²) in [6.07, 6.45) is 4.55. The maximum atomic E-state index is 11.3. The summed E-state index contributed by atoms with van der Waals surface area (Å²) >= 11 is 0. The summed E-state index contributed by atoms with van der Waals surface area (Å²) in [7, 11) is 0. The highest BCUT2D eigenvalue weighted by Gasteiger charge is 2.19. The first kappa shape index (κ1) is 17.7. The van der Waals surface area contributed by atoms with Gasteiger partial charge >= 0.3 is 5.97 Å². The Kier molecular flexibility index (Phi) is 7.27. The molecule has 0 radical (unpaired) electrons. The second kappa shape index (κ2) is 9.46. The monoisotopic (exact) mass is 316 g/mol. The summed E-state index contributed by atoms with van der Waals surface area (Å²) in [6.45, 7) is 5.51. The summed E-state index contributed by atoms with van der Waals surface area (Å²) in [5.74, 6) is 0.430. The van der Waals surface area contributed by atoms with Crippen LogP contribution in [-0.2, 0) is 9.53 Å². The minimum absolute atomic E-state index is 0.118. The normalized spacial score (nSPS) is 16.2. The van der Waals surface area contributed by atoms with Crippen LogP contribution in [0.4, 0.5) is 0 Å². The van der Waals surface area contributed by atoms with Crippen LogP contribution >= 0.6 is 0 Å². The Balaban J connectivity index is 1.55. The van der Waals surface area contributed by atoms with Gasteiger partial charge in [-0.15, -0.1) is 0 Å². The van der Waals surface area contributed by atoms with Gasteiger partial charge in [-0.05, 0) is 63.7 Å². The molecule has 126 valence electrons. The highest BCUT2D eigenvalue weighted by atomic mass is 16.5. The van der Waals surface area contributed by atoms with E-state index in [9.17, 15) is 4.79 Å². The molecule has 4 heteroatoms. The predicted octanol–water partition coefficient (Wildman–Crippen LogP) is 3.62. The van der Waals surface area contributed by atoms with Crippen LogP contribution < -0.4 is 0 Å². The number of hydrogen-bond donors (Lipinski definition) is 1. The molecule has 1 saturated heterocycles. The fourth-order valence-electron chi connectivity index (χ4n) is 3.11. The molecule has 0 aromatic heterocycles. The first-order chi connectivity index (χ1) is 11.1. The van der Waals surface area contributed by atoms with Crippen molar-refractivity contribution in [2.24, 2.45) is 0 Å². The van der Waals surface area contributed by atoms with E-state index < -0.39 is 0 Å². The smallest absolute Gasteiger partial charge is 0.311 e. The molecule has 0 saturated carbocycles. The number of hydrogen-bond acceptors (Lipinski definition) is 4. The lowest BCUT2D eigenvalue weighted by Gasteiger charge is -2.32. The molecular formula is C19H28N2O2. The van der Waals surface area contributed by atoms with Crippen LogP contribution in [0.15, 0.2) is 30.3 Å². The van der Waals surface area contributed by atoms with E-state index in [1.807, 2.05) is 0 Å². The van der Waals surface area contributed by atoms with Gasteiger partial charge in [0.2, 0.25) is 0 Å². The van der Waals surface area contributed by atoms with Gasteiger partial charge in [-0.2, -0.15) is 0 Å². The average Bonchev–Trinajstić information content (AvgIpc) is 2.55. The van der Waals surface area contributed by atoms with E-state index in [0.29, 0.717) is 18.2 Å². The highest BCUT2D eigenvalue weighted by molar-refractivity contribution is 5.95. The number of nitrogens with zero attached hydrogens (tertiary/aromatic N) is 1. The zero-order valence-corrected chi connectivity index (χ0v) is 14.1. The van der Waals surface area contributed by atoms with Crippen molar-refractivity contribution in [2.45, 2.75) is 44.9 Å². The Morgan fingerprint density at radius 2 is 1.91 bits per heavy atom. The summed E-state index contributed by atoms with van der Waals surface area (Å²) in [6, 6.07) is 10.8. The van der Waals surface area contributed by atoms with Crippen molar-refractivity contribution in [3.63, 3.8) is 0 Å². The number of esters is 1. The molecule has 1 heterocycles. The van der Waals surface area contributed by atoms with Crippen LogP contribution in [0.25, 0.3) is 0 Å². The van der Waals surface area contributed by atoms with Crippen LogP contribution in [0.1, 0.15) is 50.5 Å². The number of likely N-dealkylation sites (tertiary alicyclic amines) is 1. The molecule has 0 atom stereocenters. The molecule has 1 N–H and O–H groups in total. The molecule has 23 heavy (non-hydrogen) atoms. The van der Waals surface area contributed by atoms with E-state index in [-0.39, 0.29) is 12.4 Å². The molecule has 1 aromatic carbocycles. The maximum Gasteiger partial charge on any atom is 0.311 e. The van der Waals surface area contributed by atoms with Gasteiger partial charge < -0.3 is 15.0 Å². The molecular weight excluding hydrogens is 288 g/mol. The summed E-state index contributed by atoms with van der Waals surface area (Å²) in [5.41, 5.74) is 1.83. The van der Waals surface area contributed by atoms with Gasteiger partial charge in [0.25, 0.3) is 0 Å². The number of ether oxygens (including phenoxy) is 1. The highest BCUT2D eigenvalue weighted by Crippen LogP contribution is 2.27. The lowest BCUT2D eigenvalue weighted by atomic mass is 9.89. The van der Waals surface area contributed by atoms with Crippen LogP contribution in [0.2, 0.25) is 0 Å². The van der Waals surface area contributed by atoms with E-state index in [0.717, 1.165) is 32.5 Å². The molecule has 1 aromatic rings. The Bertz CT molecular complexity index is 493. The van der Waals surface area contributed by atoms with E-state index in [2.05, 4.69) is 35.2 Å². The Morgan fingerprint density at radius 3 is 2.57 bits per heavy atom. The molecule has 0 bridgehead atoms. The van der Waals surface area contributed by atoms with Crippen LogP contribution in [0.3, 0.4) is 0 Å². The van der Waals surface area contributed by atoms with Crippen molar-refractivity contribution in [3.05, 3.63) is 35.9 Å². The standard InChI is InChI=1S/C19H28N2O2/c1-16(20)15-19(22)23-14-6-5-11-21-12-9-18(10-13-21)17-7-3-2-4-8-17/h2-4,7-8,18,20H,5-6,9-15H2,1H3. The topological polar surface area (TPSA) is 53.4 Å². The second-order valence-corrected chi connectivity index (χ2v) is 6.41. The van der Waals surface area contributed by atoms with Crippen molar-refractivity contribution in [1.29, 1.82) is 5.41 Å². The SMILES string of the molecule is CC(=N)CC(=O)OCCCCN1CCC(c2ccccc2)CC1. The van der Waals surface area contributed by atoms with Crippen molar-refractivity contribution >= 4 is 11.7 Å². The number of carbonyl (C=O) groups is 1. The summed E-state index contributed by atoms with van der Waals surface area (Å²) < 4.78 is 5.12. The zero-order chi connectivity index (χ0) is 16.5. The van der Waals surface area contributed by atoms with Crippen molar-refractivity contribution in [3.8, 4) is 0 Å². The van der Waals surface area contributed by atoms with Gasteiger partial charge in [0, 0.05) is 5.71 Å². The third-order valence-corrected chi connectivity index (χ3v) is 4.40. The van der Waals surface area contributed by atoms with E-state index >= 15 is 0 Å². The first-order valence-corrected chi connectivity index (χ1v) is 8.62. The van der Waals surface area contributed by atoms with Gasteiger partial charge in [-0.25, -0.2) is 0 Å². The Morgan fingerprint density at radius 1 is 1.22 bits per heavy atom. The molecule has 0 spiro atoms. The number of benzene rings is 1. The average molecular weight is 316 g/mol. The number of carbonyl (C=O) groups excluding carboxylic acids is 1. The number of unbranched alkanes of at least 4 members (excludes halogenated alkanes) is 1. The van der Waals surface area contributed by atoms with Gasteiger partial charge in [0.15, 0.2) is 0 Å². The molecule has 4 nitrogen and oxygen atoms in total. The summed E-state index contributed by atoms with van der Waals surface area (Å²) in [5, 5.41) is 7.25. The van der Waals surface area contributed by atoms with E-state index in [1.165, 1.54) is 18.4 Å². The van der Waals surface area contributed by atoms with Crippen LogP contribution in [-0.4, -0.2) is 42.8 Å². The van der Waals surface area contributed by atoms with E-state index in [4.69, 9.17) is 10.1 Å². The molecule has 2 rings (SSSR count). The molecule has 0 amide bonds. The van der Waals surface area contributed by atoms with Crippen LogP contribution in [0.5, 0.6) is 0 Å². The van der Waals surface area contributed by atoms with E-state index in [1.54, 1.807) is 6.92 Å². The number of rotatable bonds is 8. The molecule has 1 aliphatic heterocycles. The lowest BCUT2D eigenvalue weighted by molar-refractivity contribution is -0.142. The lowest BCUT2D eigenvalue weighted by Crippen LogP contribution is -2.33. The second-order valence-electron chi connectivity index (χ2n) is 6.41. The fourth-order valence-corrected chi connectivity index (χ4v) is 3.11. The molecule has 0 unspecified atom stereocenters. The predicted molar refractivity (Wildman–Crippen MR) is 93.1 cm³/mol. The Labute approximate surface area is 139 Å². The third kappa shape index (κ3) is 6.53. The van der Waals surface area contributed by atoms with Crippen molar-refractivity contribution in [2.75, 3.05) is 26.2 Å². The van der Waals surface area contributed by atoms with Gasteiger partial charge in [-0.1, -0.05) is 30.3 Å². The Hall–Kier alpha value is -1.68. The zero-order valence-electron chi connectivity index (χ0n) is 14.1. The van der Waals surface area contributed by atoms with Gasteiger partial charge in [0.1, 0.15) is 0 Å². The summed E-state index contributed by atoms with van der Waals surface area (Å²) in [4.78, 5) is 13.8. The maximum absolute atomic E-state index is 11.3.